The van der Waals surface area contributed by atoms with Gasteiger partial charge in [0.15, 0.2) is 0 Å². The summed E-state index contributed by atoms with van der Waals surface area (Å²) < 4.78 is 10.3. The van der Waals surface area contributed by atoms with Crippen LogP contribution < -0.4 is 10.2 Å². The van der Waals surface area contributed by atoms with Gasteiger partial charge >= 0.3 is 6.09 Å². The molecule has 6 atom stereocenters. The molecule has 0 aromatic heterocycles. The van der Waals surface area contributed by atoms with E-state index in [2.05, 4.69) is 10.5 Å². The number of fused-ring (bicyclic) bond motifs is 3. The Kier molecular flexibility index (Phi) is 7.44. The number of carbonyl (C=O) groups is 3. The average molecular weight is 522 g/mol. The van der Waals surface area contributed by atoms with Crippen LogP contribution in [0.5, 0.6) is 5.75 Å². The normalized spacial score (nSPS) is 29.6. The predicted octanol–water partition coefficient (Wildman–Crippen LogP) is 2.23. The monoisotopic (exact) mass is 521 g/mol. The van der Waals surface area contributed by atoms with E-state index in [4.69, 9.17) is 9.47 Å². The van der Waals surface area contributed by atoms with Gasteiger partial charge in [0.2, 0.25) is 11.8 Å². The second-order valence-electron chi connectivity index (χ2n) is 10.0. The molecule has 1 aliphatic heterocycles. The minimum atomic E-state index is -1.18. The first-order chi connectivity index (χ1) is 18.4. The molecular weight excluding hydrogens is 490 g/mol. The number of imide groups is 1. The molecule has 200 valence electrons. The highest BCUT2D eigenvalue weighted by Crippen LogP contribution is 2.49. The summed E-state index contributed by atoms with van der Waals surface area (Å²) in [6.07, 6.45) is -2.09. The second-order valence-corrected chi connectivity index (χ2v) is 10.0. The Bertz CT molecular complexity index is 1220. The number of aliphatic hydroxyl groups is 2. The largest absolute Gasteiger partial charge is 0.497 e. The van der Waals surface area contributed by atoms with Crippen molar-refractivity contribution in [2.75, 3.05) is 7.11 Å². The zero-order chi connectivity index (χ0) is 26.8. The summed E-state index contributed by atoms with van der Waals surface area (Å²) in [4.78, 5) is 40.2. The first kappa shape index (κ1) is 25.9. The Balaban J connectivity index is 1.28. The summed E-state index contributed by atoms with van der Waals surface area (Å²) in [6.45, 7) is 0.204. The molecule has 3 N–H and O–H groups in total. The Morgan fingerprint density at radius 2 is 1.71 bits per heavy atom. The summed E-state index contributed by atoms with van der Waals surface area (Å²) in [5.74, 6) is -2.21. The fraction of sp³-hybridized carbons (Fsp3) is 0.429. The average Bonchev–Trinajstić information content (AvgIpc) is 3.18. The molecule has 0 bridgehead atoms. The molecule has 3 aliphatic rings. The van der Waals surface area contributed by atoms with Crippen molar-refractivity contribution in [3.8, 4) is 5.75 Å². The SMILES string of the molecule is COc1ccc(COC(=O)N/N=C2\C[C@@H](O)[C@@H](O)[C@@H]3[C@@H]4C(=O)N(Cc5ccccc5)C(=O)[C@@H]4CC[C@@H]23)cc1. The summed E-state index contributed by atoms with van der Waals surface area (Å²) in [6, 6.07) is 16.4. The topological polar surface area (TPSA) is 138 Å². The molecule has 2 aromatic rings. The minimum Gasteiger partial charge on any atom is -0.497 e. The van der Waals surface area contributed by atoms with Gasteiger partial charge in [0.25, 0.3) is 0 Å². The number of nitrogens with one attached hydrogen (secondary N) is 1. The third kappa shape index (κ3) is 5.01. The third-order valence-corrected chi connectivity index (χ3v) is 7.87. The number of aliphatic hydroxyl groups excluding tert-OH is 2. The van der Waals surface area contributed by atoms with Gasteiger partial charge in [0.05, 0.1) is 37.7 Å². The molecule has 2 aromatic carbocycles. The molecule has 0 spiro atoms. The van der Waals surface area contributed by atoms with Gasteiger partial charge in [-0.2, -0.15) is 5.10 Å². The molecular formula is C28H31N3O7. The summed E-state index contributed by atoms with van der Waals surface area (Å²) in [7, 11) is 1.57. The Hall–Kier alpha value is -3.76. The molecule has 3 amide bonds. The smallest absolute Gasteiger partial charge is 0.428 e. The second kappa shape index (κ2) is 10.9. The molecule has 38 heavy (non-hydrogen) atoms. The van der Waals surface area contributed by atoms with Crippen LogP contribution >= 0.6 is 0 Å². The Morgan fingerprint density at radius 1 is 1.00 bits per heavy atom. The van der Waals surface area contributed by atoms with Crippen molar-refractivity contribution in [2.45, 2.75) is 44.6 Å². The van der Waals surface area contributed by atoms with Gasteiger partial charge in [-0.3, -0.25) is 14.5 Å². The zero-order valence-corrected chi connectivity index (χ0v) is 21.0. The molecule has 0 unspecified atom stereocenters. The van der Waals surface area contributed by atoms with Crippen molar-refractivity contribution < 1.29 is 34.1 Å². The van der Waals surface area contributed by atoms with E-state index in [1.165, 1.54) is 4.90 Å². The fourth-order valence-electron chi connectivity index (χ4n) is 6.01. The molecule has 2 aliphatic carbocycles. The number of hydrogen-bond donors (Lipinski definition) is 3. The van der Waals surface area contributed by atoms with E-state index in [1.54, 1.807) is 31.4 Å². The third-order valence-electron chi connectivity index (χ3n) is 7.87. The van der Waals surface area contributed by atoms with Gasteiger partial charge in [-0.1, -0.05) is 42.5 Å². The summed E-state index contributed by atoms with van der Waals surface area (Å²) in [5, 5.41) is 25.8. The zero-order valence-electron chi connectivity index (χ0n) is 21.0. The maximum absolute atomic E-state index is 13.5. The first-order valence-electron chi connectivity index (χ1n) is 12.7. The van der Waals surface area contributed by atoms with Crippen molar-refractivity contribution in [1.29, 1.82) is 0 Å². The van der Waals surface area contributed by atoms with E-state index in [0.29, 0.717) is 24.3 Å². The van der Waals surface area contributed by atoms with E-state index in [9.17, 15) is 24.6 Å². The van der Waals surface area contributed by atoms with Crippen LogP contribution in [0.3, 0.4) is 0 Å². The summed E-state index contributed by atoms with van der Waals surface area (Å²) in [5.41, 5.74) is 4.47. The molecule has 0 radical (unpaired) electrons. The van der Waals surface area contributed by atoms with Crippen LogP contribution in [-0.2, 0) is 27.5 Å². The number of methoxy groups -OCH3 is 1. The van der Waals surface area contributed by atoms with Gasteiger partial charge in [0.1, 0.15) is 12.4 Å². The minimum absolute atomic E-state index is 0.0334. The summed E-state index contributed by atoms with van der Waals surface area (Å²) >= 11 is 0. The molecule has 10 nitrogen and oxygen atoms in total. The van der Waals surface area contributed by atoms with Crippen LogP contribution in [0.2, 0.25) is 0 Å². The number of nitrogens with zero attached hydrogens (tertiary/aromatic N) is 2. The quantitative estimate of drug-likeness (QED) is 0.392. The lowest BCUT2D eigenvalue weighted by molar-refractivity contribution is -0.142. The maximum atomic E-state index is 13.5. The molecule has 5 rings (SSSR count). The molecule has 1 saturated heterocycles. The number of likely N-dealkylation sites (tertiary alicyclic amines) is 1. The number of ether oxygens (including phenoxy) is 2. The van der Waals surface area contributed by atoms with Gasteiger partial charge < -0.3 is 19.7 Å². The lowest BCUT2D eigenvalue weighted by atomic mass is 9.60. The van der Waals surface area contributed by atoms with E-state index in [1.807, 2.05) is 30.3 Å². The van der Waals surface area contributed by atoms with Crippen molar-refractivity contribution in [2.24, 2.45) is 28.8 Å². The van der Waals surface area contributed by atoms with Crippen LogP contribution in [-0.4, -0.2) is 58.0 Å². The van der Waals surface area contributed by atoms with Crippen LogP contribution in [0.15, 0.2) is 59.7 Å². The standard InChI is InChI=1S/C28H31N3O7/c1-37-18-9-7-17(8-10-18)15-38-28(36)30-29-21-13-22(32)25(33)23-19(21)11-12-20-24(23)27(35)31(26(20)34)14-16-5-3-2-4-6-16/h2-10,19-20,22-25,32-33H,11-15H2,1H3,(H,30,36)/b29-21+/t19-,20+,22+,23-,24+,25+/m0/s1. The van der Waals surface area contributed by atoms with Crippen LogP contribution in [0, 0.1) is 23.7 Å². The van der Waals surface area contributed by atoms with Crippen molar-refractivity contribution in [1.82, 2.24) is 10.3 Å². The number of amides is 3. The van der Waals surface area contributed by atoms with Gasteiger partial charge in [-0.15, -0.1) is 0 Å². The molecule has 2 saturated carbocycles. The highest BCUT2D eigenvalue weighted by Gasteiger charge is 2.59. The van der Waals surface area contributed by atoms with Crippen LogP contribution in [0.25, 0.3) is 0 Å². The fourth-order valence-corrected chi connectivity index (χ4v) is 6.01. The van der Waals surface area contributed by atoms with Crippen molar-refractivity contribution in [3.05, 3.63) is 65.7 Å². The van der Waals surface area contributed by atoms with E-state index in [-0.39, 0.29) is 37.3 Å². The van der Waals surface area contributed by atoms with Gasteiger partial charge in [-0.05, 0) is 36.1 Å². The molecule has 10 heteroatoms. The van der Waals surface area contributed by atoms with Gasteiger partial charge in [-0.25, -0.2) is 10.2 Å². The van der Waals surface area contributed by atoms with E-state index in [0.717, 1.165) is 11.1 Å². The Morgan fingerprint density at radius 3 is 2.42 bits per heavy atom. The van der Waals surface area contributed by atoms with Crippen molar-refractivity contribution >= 4 is 23.6 Å². The molecule has 1 heterocycles. The number of rotatable bonds is 6. The van der Waals surface area contributed by atoms with Crippen molar-refractivity contribution in [3.63, 3.8) is 0 Å². The lowest BCUT2D eigenvalue weighted by Crippen LogP contribution is -2.55. The molecule has 3 fully saturated rings. The van der Waals surface area contributed by atoms with E-state index >= 15 is 0 Å². The first-order valence-corrected chi connectivity index (χ1v) is 12.7. The highest BCUT2D eigenvalue weighted by atomic mass is 16.6. The number of benzene rings is 2. The maximum Gasteiger partial charge on any atom is 0.428 e. The highest BCUT2D eigenvalue weighted by molar-refractivity contribution is 6.06. The Labute approximate surface area is 220 Å². The van der Waals surface area contributed by atoms with E-state index < -0.39 is 36.1 Å². The van der Waals surface area contributed by atoms with Gasteiger partial charge in [0, 0.05) is 24.0 Å². The number of hydrogen-bond acceptors (Lipinski definition) is 8. The number of hydrazone groups is 1. The predicted molar refractivity (Wildman–Crippen MR) is 136 cm³/mol. The van der Waals surface area contributed by atoms with Crippen LogP contribution in [0.4, 0.5) is 4.79 Å². The lowest BCUT2D eigenvalue weighted by Gasteiger charge is -2.45. The van der Waals surface area contributed by atoms with Crippen LogP contribution in [0.1, 0.15) is 30.4 Å². The number of carbonyl (C=O) groups excluding carboxylic acids is 3.